The van der Waals surface area contributed by atoms with Crippen LogP contribution in [0.1, 0.15) is 36.0 Å². The molecule has 0 saturated heterocycles. The van der Waals surface area contributed by atoms with Gasteiger partial charge >= 0.3 is 12.0 Å². The SMILES string of the molecule is CN(C(=O)COc1ccccc1N(CC1CCCC1)C(=O)CNC(=O)Nc1cccc(C(=O)O)c1)c1ccccc1. The highest BCUT2D eigenvalue weighted by Crippen LogP contribution is 2.32. The van der Waals surface area contributed by atoms with Crippen LogP contribution < -0.4 is 25.2 Å². The van der Waals surface area contributed by atoms with Crippen molar-refractivity contribution < 1.29 is 29.0 Å². The Morgan fingerprint density at radius 2 is 1.61 bits per heavy atom. The second-order valence-electron chi connectivity index (χ2n) is 9.89. The number of carbonyl (C=O) groups excluding carboxylic acids is 3. The van der Waals surface area contributed by atoms with Crippen LogP contribution in [0.5, 0.6) is 5.75 Å². The van der Waals surface area contributed by atoms with E-state index in [0.29, 0.717) is 29.6 Å². The van der Waals surface area contributed by atoms with Crippen molar-refractivity contribution in [1.82, 2.24) is 5.32 Å². The van der Waals surface area contributed by atoms with Crippen molar-refractivity contribution in [3.05, 3.63) is 84.4 Å². The van der Waals surface area contributed by atoms with Gasteiger partial charge in [-0.1, -0.05) is 49.2 Å². The summed E-state index contributed by atoms with van der Waals surface area (Å²) < 4.78 is 5.94. The third-order valence-corrected chi connectivity index (χ3v) is 7.01. The summed E-state index contributed by atoms with van der Waals surface area (Å²) in [6.45, 7) is -0.0495. The van der Waals surface area contributed by atoms with Crippen molar-refractivity contribution in [1.29, 1.82) is 0 Å². The fourth-order valence-electron chi connectivity index (χ4n) is 4.78. The van der Waals surface area contributed by atoms with E-state index in [1.807, 2.05) is 30.3 Å². The van der Waals surface area contributed by atoms with Gasteiger partial charge in [0.05, 0.1) is 17.8 Å². The van der Waals surface area contributed by atoms with Gasteiger partial charge in [0.25, 0.3) is 5.91 Å². The van der Waals surface area contributed by atoms with Gasteiger partial charge in [0.15, 0.2) is 6.61 Å². The van der Waals surface area contributed by atoms with E-state index in [9.17, 15) is 19.2 Å². The van der Waals surface area contributed by atoms with Crippen LogP contribution in [0, 0.1) is 5.92 Å². The topological polar surface area (TPSA) is 128 Å². The number of carboxylic acid groups (broad SMARTS) is 1. The molecular weight excluding hydrogens is 524 g/mol. The van der Waals surface area contributed by atoms with Gasteiger partial charge in [-0.2, -0.15) is 0 Å². The molecule has 4 amide bonds. The van der Waals surface area contributed by atoms with Crippen molar-refractivity contribution in [2.24, 2.45) is 5.92 Å². The molecule has 4 rings (SSSR count). The highest BCUT2D eigenvalue weighted by Gasteiger charge is 2.26. The van der Waals surface area contributed by atoms with E-state index in [2.05, 4.69) is 10.6 Å². The molecule has 3 aromatic carbocycles. The molecule has 1 saturated carbocycles. The largest absolute Gasteiger partial charge is 0.482 e. The molecule has 1 aliphatic rings. The highest BCUT2D eigenvalue weighted by molar-refractivity contribution is 6.00. The molecular formula is C31H34N4O6. The lowest BCUT2D eigenvalue weighted by atomic mass is 10.1. The van der Waals surface area contributed by atoms with Gasteiger partial charge in [-0.05, 0) is 61.2 Å². The number of carbonyl (C=O) groups is 4. The van der Waals surface area contributed by atoms with Crippen LogP contribution >= 0.6 is 0 Å². The third kappa shape index (κ3) is 8.07. The number of aromatic carboxylic acids is 1. The molecule has 3 N–H and O–H groups in total. The Labute approximate surface area is 238 Å². The van der Waals surface area contributed by atoms with Crippen LogP contribution in [-0.2, 0) is 9.59 Å². The average molecular weight is 559 g/mol. The Morgan fingerprint density at radius 3 is 2.34 bits per heavy atom. The maximum absolute atomic E-state index is 13.5. The predicted molar refractivity (Wildman–Crippen MR) is 157 cm³/mol. The van der Waals surface area contributed by atoms with Gasteiger partial charge in [0.1, 0.15) is 5.75 Å². The number of anilines is 3. The molecule has 0 radical (unpaired) electrons. The van der Waals surface area contributed by atoms with E-state index in [1.165, 1.54) is 23.1 Å². The van der Waals surface area contributed by atoms with Crippen molar-refractivity contribution >= 4 is 40.9 Å². The number of nitrogens with zero attached hydrogens (tertiary/aromatic N) is 2. The van der Waals surface area contributed by atoms with Gasteiger partial charge < -0.3 is 30.3 Å². The first-order valence-electron chi connectivity index (χ1n) is 13.5. The molecule has 0 unspecified atom stereocenters. The number of hydrogen-bond donors (Lipinski definition) is 3. The zero-order valence-corrected chi connectivity index (χ0v) is 22.9. The molecule has 0 bridgehead atoms. The summed E-state index contributed by atoms with van der Waals surface area (Å²) in [7, 11) is 1.68. The van der Waals surface area contributed by atoms with Crippen molar-refractivity contribution in [2.75, 3.05) is 41.9 Å². The zero-order chi connectivity index (χ0) is 29.2. The Morgan fingerprint density at radius 1 is 0.902 bits per heavy atom. The molecule has 10 heteroatoms. The second kappa shape index (κ2) is 14.0. The van der Waals surface area contributed by atoms with Gasteiger partial charge in [-0.3, -0.25) is 9.59 Å². The number of ether oxygens (including phenoxy) is 1. The first-order chi connectivity index (χ1) is 19.8. The molecule has 0 aliphatic heterocycles. The van der Waals surface area contributed by atoms with E-state index in [-0.39, 0.29) is 30.5 Å². The number of rotatable bonds is 11. The molecule has 3 aromatic rings. The summed E-state index contributed by atoms with van der Waals surface area (Å²) in [4.78, 5) is 53.2. The van der Waals surface area contributed by atoms with Crippen LogP contribution in [-0.4, -0.2) is 55.7 Å². The minimum absolute atomic E-state index is 0.0339. The summed E-state index contributed by atoms with van der Waals surface area (Å²) in [5, 5.41) is 14.3. The normalized spacial score (nSPS) is 12.8. The highest BCUT2D eigenvalue weighted by atomic mass is 16.5. The Balaban J connectivity index is 1.44. The molecule has 0 atom stereocenters. The lowest BCUT2D eigenvalue weighted by molar-refractivity contribution is -0.120. The maximum Gasteiger partial charge on any atom is 0.335 e. The monoisotopic (exact) mass is 558 g/mol. The third-order valence-electron chi connectivity index (χ3n) is 7.01. The van der Waals surface area contributed by atoms with Gasteiger partial charge in [0.2, 0.25) is 5.91 Å². The number of likely N-dealkylation sites (N-methyl/N-ethyl adjacent to an activating group) is 1. The number of amides is 4. The fraction of sp³-hybridized carbons (Fsp3) is 0.290. The number of benzene rings is 3. The first-order valence-corrected chi connectivity index (χ1v) is 13.5. The van der Waals surface area contributed by atoms with Gasteiger partial charge in [0, 0.05) is 25.0 Å². The van der Waals surface area contributed by atoms with Crippen LogP contribution in [0.25, 0.3) is 0 Å². The second-order valence-corrected chi connectivity index (χ2v) is 9.89. The van der Waals surface area contributed by atoms with Crippen LogP contribution in [0.4, 0.5) is 21.9 Å². The Bertz CT molecular complexity index is 1370. The van der Waals surface area contributed by atoms with Crippen LogP contribution in [0.3, 0.4) is 0 Å². The Kier molecular flexibility index (Phi) is 9.93. The minimum Gasteiger partial charge on any atom is -0.482 e. The number of urea groups is 1. The van der Waals surface area contributed by atoms with Crippen LogP contribution in [0.2, 0.25) is 0 Å². The van der Waals surface area contributed by atoms with Crippen molar-refractivity contribution in [3.8, 4) is 5.75 Å². The number of carboxylic acids is 1. The number of hydrogen-bond acceptors (Lipinski definition) is 5. The summed E-state index contributed by atoms with van der Waals surface area (Å²) in [5.74, 6) is -0.991. The van der Waals surface area contributed by atoms with E-state index in [0.717, 1.165) is 31.4 Å². The molecule has 41 heavy (non-hydrogen) atoms. The quantitative estimate of drug-likeness (QED) is 0.311. The van der Waals surface area contributed by atoms with E-state index in [1.54, 1.807) is 42.3 Å². The maximum atomic E-state index is 13.5. The summed E-state index contributed by atoms with van der Waals surface area (Å²) in [5.41, 5.74) is 1.59. The molecule has 1 aliphatic carbocycles. The number of para-hydroxylation sites is 3. The summed E-state index contributed by atoms with van der Waals surface area (Å²) >= 11 is 0. The molecule has 1 fully saturated rings. The lowest BCUT2D eigenvalue weighted by Crippen LogP contribution is -2.43. The molecule has 10 nitrogen and oxygen atoms in total. The fourth-order valence-corrected chi connectivity index (χ4v) is 4.78. The molecule has 0 aromatic heterocycles. The van der Waals surface area contributed by atoms with E-state index < -0.39 is 12.0 Å². The summed E-state index contributed by atoms with van der Waals surface area (Å²) in [6.07, 6.45) is 4.20. The molecule has 0 heterocycles. The lowest BCUT2D eigenvalue weighted by Gasteiger charge is -2.28. The van der Waals surface area contributed by atoms with E-state index >= 15 is 0 Å². The summed E-state index contributed by atoms with van der Waals surface area (Å²) in [6, 6.07) is 21.5. The van der Waals surface area contributed by atoms with E-state index in [4.69, 9.17) is 9.84 Å². The zero-order valence-electron chi connectivity index (χ0n) is 22.9. The average Bonchev–Trinajstić information content (AvgIpc) is 3.51. The van der Waals surface area contributed by atoms with Crippen molar-refractivity contribution in [2.45, 2.75) is 25.7 Å². The predicted octanol–water partition coefficient (Wildman–Crippen LogP) is 4.77. The first kappa shape index (κ1) is 29.1. The molecule has 214 valence electrons. The standard InChI is InChI=1S/C31H34N4O6/c1-34(25-14-3-2-4-15-25)29(37)21-41-27-17-8-7-16-26(27)35(20-22-10-5-6-11-22)28(36)19-32-31(40)33-24-13-9-12-23(18-24)30(38)39/h2-4,7-9,12-18,22H,5-6,10-11,19-21H2,1H3,(H,38,39)(H2,32,33,40). The van der Waals surface area contributed by atoms with Crippen molar-refractivity contribution in [3.63, 3.8) is 0 Å². The number of nitrogens with one attached hydrogen (secondary N) is 2. The molecule has 0 spiro atoms. The van der Waals surface area contributed by atoms with Gasteiger partial charge in [-0.15, -0.1) is 0 Å². The van der Waals surface area contributed by atoms with Gasteiger partial charge in [-0.25, -0.2) is 9.59 Å². The smallest absolute Gasteiger partial charge is 0.335 e. The van der Waals surface area contributed by atoms with Crippen LogP contribution in [0.15, 0.2) is 78.9 Å². The minimum atomic E-state index is -1.11. The Hall–Kier alpha value is -4.86.